The van der Waals surface area contributed by atoms with E-state index in [2.05, 4.69) is 10.5 Å². The van der Waals surface area contributed by atoms with Gasteiger partial charge in [-0.15, -0.1) is 0 Å². The van der Waals surface area contributed by atoms with Gasteiger partial charge < -0.3 is 0 Å². The summed E-state index contributed by atoms with van der Waals surface area (Å²) < 4.78 is 0. The predicted octanol–water partition coefficient (Wildman–Crippen LogP) is 1.93. The maximum Gasteiger partial charge on any atom is 0.237 e. The first-order chi connectivity index (χ1) is 9.24. The number of rotatable bonds is 3. The molecule has 0 radical (unpaired) electrons. The SMILES string of the molecule is N#CC(C#N)=Cc1ccccc1NN=C(C#N)C#N. The standard InChI is InChI=1S/C13H6N6/c14-6-10(7-15)5-11-3-1-2-4-13(11)19-18-12(8-16)9-17/h1-5,19H. The molecule has 0 amide bonds. The topological polar surface area (TPSA) is 120 Å². The van der Waals surface area contributed by atoms with E-state index in [9.17, 15) is 0 Å². The molecule has 1 N–H and O–H groups in total. The molecular formula is C13H6N6. The van der Waals surface area contributed by atoms with Crippen LogP contribution in [0.1, 0.15) is 5.56 Å². The molecule has 0 aliphatic rings. The normalized spacial score (nSPS) is 7.79. The lowest BCUT2D eigenvalue weighted by Gasteiger charge is -2.04. The smallest absolute Gasteiger partial charge is 0.237 e. The molecule has 0 atom stereocenters. The average Bonchev–Trinajstić information content (AvgIpc) is 2.47. The lowest BCUT2D eigenvalue weighted by molar-refractivity contribution is 1.33. The number of hydrogen-bond acceptors (Lipinski definition) is 6. The van der Waals surface area contributed by atoms with Gasteiger partial charge in [0.2, 0.25) is 5.71 Å². The van der Waals surface area contributed by atoms with Gasteiger partial charge >= 0.3 is 0 Å². The minimum atomic E-state index is -0.320. The van der Waals surface area contributed by atoms with Gasteiger partial charge in [-0.3, -0.25) is 5.43 Å². The third-order valence-corrected chi connectivity index (χ3v) is 2.00. The van der Waals surface area contributed by atoms with Crippen LogP contribution >= 0.6 is 0 Å². The molecule has 0 aliphatic carbocycles. The molecule has 6 heteroatoms. The fourth-order valence-corrected chi connectivity index (χ4v) is 1.16. The predicted molar refractivity (Wildman–Crippen MR) is 67.9 cm³/mol. The summed E-state index contributed by atoms with van der Waals surface area (Å²) in [7, 11) is 0. The summed E-state index contributed by atoms with van der Waals surface area (Å²) in [6, 6.07) is 13.5. The number of benzene rings is 1. The second kappa shape index (κ2) is 6.86. The highest BCUT2D eigenvalue weighted by atomic mass is 15.3. The van der Waals surface area contributed by atoms with Crippen molar-refractivity contribution in [3.05, 3.63) is 35.4 Å². The molecule has 1 aromatic rings. The van der Waals surface area contributed by atoms with Gasteiger partial charge in [-0.25, -0.2) is 0 Å². The van der Waals surface area contributed by atoms with Crippen molar-refractivity contribution in [1.29, 1.82) is 21.0 Å². The van der Waals surface area contributed by atoms with Crippen LogP contribution < -0.4 is 5.43 Å². The van der Waals surface area contributed by atoms with Crippen LogP contribution in [0.4, 0.5) is 5.69 Å². The van der Waals surface area contributed by atoms with Gasteiger partial charge in [0.1, 0.15) is 29.8 Å². The Balaban J connectivity index is 3.13. The second-order valence-electron chi connectivity index (χ2n) is 3.16. The lowest BCUT2D eigenvalue weighted by Crippen LogP contribution is -1.97. The van der Waals surface area contributed by atoms with Crippen LogP contribution in [0.15, 0.2) is 34.9 Å². The molecule has 1 aromatic carbocycles. The molecule has 19 heavy (non-hydrogen) atoms. The van der Waals surface area contributed by atoms with Crippen molar-refractivity contribution in [2.24, 2.45) is 5.10 Å². The van der Waals surface area contributed by atoms with Crippen LogP contribution in [0.5, 0.6) is 0 Å². The van der Waals surface area contributed by atoms with Crippen molar-refractivity contribution in [3.63, 3.8) is 0 Å². The lowest BCUT2D eigenvalue weighted by atomic mass is 10.1. The molecule has 0 heterocycles. The Hall–Kier alpha value is -3.61. The summed E-state index contributed by atoms with van der Waals surface area (Å²) in [5.74, 6) is 0. The Bertz CT molecular complexity index is 668. The van der Waals surface area contributed by atoms with Gasteiger partial charge in [-0.05, 0) is 12.1 Å². The molecule has 88 valence electrons. The Labute approximate surface area is 109 Å². The molecule has 0 aliphatic heterocycles. The van der Waals surface area contributed by atoms with Gasteiger partial charge in [0, 0.05) is 5.56 Å². The van der Waals surface area contributed by atoms with E-state index in [0.717, 1.165) is 0 Å². The van der Waals surface area contributed by atoms with E-state index in [4.69, 9.17) is 21.0 Å². The van der Waals surface area contributed by atoms with Gasteiger partial charge in [0.15, 0.2) is 0 Å². The Morgan fingerprint density at radius 1 is 1.00 bits per heavy atom. The highest BCUT2D eigenvalue weighted by Gasteiger charge is 2.01. The van der Waals surface area contributed by atoms with Crippen LogP contribution in [-0.2, 0) is 0 Å². The van der Waals surface area contributed by atoms with Crippen LogP contribution in [0.3, 0.4) is 0 Å². The number of para-hydroxylation sites is 1. The number of nitrogens with zero attached hydrogens (tertiary/aromatic N) is 5. The first-order valence-corrected chi connectivity index (χ1v) is 5.00. The molecule has 0 aromatic heterocycles. The quantitative estimate of drug-likeness (QED) is 0.496. The Morgan fingerprint density at radius 2 is 1.63 bits per heavy atom. The first kappa shape index (κ1) is 13.5. The minimum absolute atomic E-state index is 0.0565. The highest BCUT2D eigenvalue weighted by molar-refractivity contribution is 6.10. The van der Waals surface area contributed by atoms with Crippen LogP contribution in [0.2, 0.25) is 0 Å². The molecule has 0 saturated heterocycles. The summed E-state index contributed by atoms with van der Waals surface area (Å²) in [6.07, 6.45) is 1.39. The van der Waals surface area contributed by atoms with Crippen molar-refractivity contribution < 1.29 is 0 Å². The number of hydrazone groups is 1. The van der Waals surface area contributed by atoms with E-state index < -0.39 is 0 Å². The zero-order valence-corrected chi connectivity index (χ0v) is 9.62. The summed E-state index contributed by atoms with van der Waals surface area (Å²) >= 11 is 0. The van der Waals surface area contributed by atoms with Gasteiger partial charge in [0.25, 0.3) is 0 Å². The third kappa shape index (κ3) is 3.71. The fourth-order valence-electron chi connectivity index (χ4n) is 1.16. The highest BCUT2D eigenvalue weighted by Crippen LogP contribution is 2.18. The van der Waals surface area contributed by atoms with E-state index in [0.29, 0.717) is 11.3 Å². The maximum absolute atomic E-state index is 8.70. The number of anilines is 1. The number of hydrogen-bond donors (Lipinski definition) is 1. The zero-order valence-electron chi connectivity index (χ0n) is 9.62. The van der Waals surface area contributed by atoms with Gasteiger partial charge in [-0.1, -0.05) is 18.2 Å². The van der Waals surface area contributed by atoms with E-state index in [-0.39, 0.29) is 11.3 Å². The summed E-state index contributed by atoms with van der Waals surface area (Å²) in [6.45, 7) is 0. The number of nitriles is 4. The van der Waals surface area contributed by atoms with Crippen molar-refractivity contribution >= 4 is 17.5 Å². The summed E-state index contributed by atoms with van der Waals surface area (Å²) in [5.41, 5.74) is 3.21. The van der Waals surface area contributed by atoms with Gasteiger partial charge in [0.05, 0.1) is 5.69 Å². The molecule has 1 rings (SSSR count). The zero-order chi connectivity index (χ0) is 14.1. The summed E-state index contributed by atoms with van der Waals surface area (Å²) in [4.78, 5) is 0. The van der Waals surface area contributed by atoms with Gasteiger partial charge in [-0.2, -0.15) is 26.1 Å². The molecule has 0 unspecified atom stereocenters. The van der Waals surface area contributed by atoms with Crippen LogP contribution in [0.25, 0.3) is 6.08 Å². The van der Waals surface area contributed by atoms with E-state index in [1.807, 2.05) is 0 Å². The average molecular weight is 246 g/mol. The summed E-state index contributed by atoms with van der Waals surface area (Å²) in [5, 5.41) is 38.1. The van der Waals surface area contributed by atoms with Crippen LogP contribution in [-0.4, -0.2) is 5.71 Å². The van der Waals surface area contributed by atoms with Crippen molar-refractivity contribution in [3.8, 4) is 24.3 Å². The minimum Gasteiger partial charge on any atom is -0.276 e. The molecule has 0 spiro atoms. The van der Waals surface area contributed by atoms with Crippen LogP contribution in [0, 0.1) is 45.3 Å². The Kier molecular flexibility index (Phi) is 4.86. The van der Waals surface area contributed by atoms with Crippen molar-refractivity contribution in [1.82, 2.24) is 0 Å². The second-order valence-corrected chi connectivity index (χ2v) is 3.16. The molecule has 0 fully saturated rings. The Morgan fingerprint density at radius 3 is 2.21 bits per heavy atom. The molecule has 0 saturated carbocycles. The maximum atomic E-state index is 8.70. The van der Waals surface area contributed by atoms with E-state index in [1.54, 1.807) is 48.5 Å². The molecule has 0 bridgehead atoms. The van der Waals surface area contributed by atoms with E-state index >= 15 is 0 Å². The first-order valence-electron chi connectivity index (χ1n) is 5.00. The fraction of sp³-hybridized carbons (Fsp3) is 0. The van der Waals surface area contributed by atoms with E-state index in [1.165, 1.54) is 6.08 Å². The molecular weight excluding hydrogens is 240 g/mol. The monoisotopic (exact) mass is 246 g/mol. The molecule has 6 nitrogen and oxygen atoms in total. The van der Waals surface area contributed by atoms with Crippen molar-refractivity contribution in [2.45, 2.75) is 0 Å². The number of nitrogens with one attached hydrogen (secondary N) is 1. The number of allylic oxidation sites excluding steroid dienone is 1. The largest absolute Gasteiger partial charge is 0.276 e. The van der Waals surface area contributed by atoms with Crippen molar-refractivity contribution in [2.75, 3.05) is 5.43 Å². The third-order valence-electron chi connectivity index (χ3n) is 2.00.